The molecule has 4 heteroatoms. The summed E-state index contributed by atoms with van der Waals surface area (Å²) in [6.07, 6.45) is 7.65. The van der Waals surface area contributed by atoms with E-state index in [9.17, 15) is 0 Å². The Balaban J connectivity index is 1.29. The second-order valence-electron chi connectivity index (χ2n) is 9.79. The van der Waals surface area contributed by atoms with Gasteiger partial charge in [0.25, 0.3) is 0 Å². The lowest BCUT2D eigenvalue weighted by Gasteiger charge is -2.15. The molecule has 0 aliphatic carbocycles. The predicted octanol–water partition coefficient (Wildman–Crippen LogP) is 8.04. The van der Waals surface area contributed by atoms with Crippen LogP contribution in [0.15, 0.2) is 85.1 Å². The summed E-state index contributed by atoms with van der Waals surface area (Å²) in [4.78, 5) is 0. The summed E-state index contributed by atoms with van der Waals surface area (Å²) in [5.74, 6) is 2.66. The van der Waals surface area contributed by atoms with Gasteiger partial charge in [-0.2, -0.15) is 0 Å². The molecular weight excluding hydrogens is 458 g/mol. The predicted molar refractivity (Wildman–Crippen MR) is 151 cm³/mol. The van der Waals surface area contributed by atoms with Gasteiger partial charge in [0.1, 0.15) is 17.2 Å². The van der Waals surface area contributed by atoms with Crippen molar-refractivity contribution in [2.75, 3.05) is 20.3 Å². The first-order chi connectivity index (χ1) is 18.3. The van der Waals surface area contributed by atoms with Crippen LogP contribution in [-0.2, 0) is 13.0 Å². The number of ether oxygens (including phenoxy) is 3. The highest BCUT2D eigenvalue weighted by atomic mass is 16.5. The van der Waals surface area contributed by atoms with E-state index >= 15 is 0 Å². The van der Waals surface area contributed by atoms with Gasteiger partial charge in [-0.05, 0) is 66.8 Å². The van der Waals surface area contributed by atoms with E-state index in [-0.39, 0.29) is 0 Å². The summed E-state index contributed by atoms with van der Waals surface area (Å²) in [5.41, 5.74) is 5.03. The average Bonchev–Trinajstić information content (AvgIpc) is 3.30. The number of benzene rings is 4. The van der Waals surface area contributed by atoms with E-state index in [2.05, 4.69) is 83.6 Å². The molecule has 1 aliphatic rings. The zero-order valence-electron chi connectivity index (χ0n) is 21.4. The number of hydrogen-bond donors (Lipinski definition) is 0. The second kappa shape index (κ2) is 10.6. The number of nitrogens with zero attached hydrogens (tertiary/aromatic N) is 1. The molecule has 5 aromatic rings. The Morgan fingerprint density at radius 3 is 2.68 bits per heavy atom. The number of para-hydroxylation sites is 1. The summed E-state index contributed by atoms with van der Waals surface area (Å²) >= 11 is 0. The topological polar surface area (TPSA) is 32.6 Å². The van der Waals surface area contributed by atoms with Crippen molar-refractivity contribution < 1.29 is 14.2 Å². The van der Waals surface area contributed by atoms with Crippen molar-refractivity contribution in [3.63, 3.8) is 0 Å². The molecule has 1 aliphatic heterocycles. The monoisotopic (exact) mass is 491 g/mol. The van der Waals surface area contributed by atoms with Crippen molar-refractivity contribution in [3.05, 3.63) is 90.6 Å². The summed E-state index contributed by atoms with van der Waals surface area (Å²) in [5, 5.41) is 3.71. The fraction of sp³-hybridized carbons (Fsp3) is 0.273. The van der Waals surface area contributed by atoms with Gasteiger partial charge < -0.3 is 18.8 Å². The van der Waals surface area contributed by atoms with Gasteiger partial charge in [0.15, 0.2) is 0 Å². The van der Waals surface area contributed by atoms with Crippen LogP contribution in [0.25, 0.3) is 32.8 Å². The van der Waals surface area contributed by atoms with Crippen molar-refractivity contribution in [2.24, 2.45) is 0 Å². The van der Waals surface area contributed by atoms with Crippen molar-refractivity contribution in [3.8, 4) is 28.4 Å². The van der Waals surface area contributed by atoms with Crippen LogP contribution in [0.3, 0.4) is 0 Å². The molecule has 2 heterocycles. The van der Waals surface area contributed by atoms with Crippen LogP contribution < -0.4 is 14.2 Å². The highest BCUT2D eigenvalue weighted by Crippen LogP contribution is 2.37. The van der Waals surface area contributed by atoms with Crippen molar-refractivity contribution in [1.82, 2.24) is 4.57 Å². The molecule has 4 aromatic carbocycles. The van der Waals surface area contributed by atoms with Crippen molar-refractivity contribution >= 4 is 21.7 Å². The molecular formula is C33H33NO3. The number of aryl methyl sites for hydroxylation is 2. The number of rotatable bonds is 6. The molecule has 4 nitrogen and oxygen atoms in total. The Morgan fingerprint density at radius 2 is 1.73 bits per heavy atom. The number of aromatic nitrogens is 1. The third-order valence-electron chi connectivity index (χ3n) is 7.32. The third-order valence-corrected chi connectivity index (χ3v) is 7.32. The second-order valence-corrected chi connectivity index (χ2v) is 9.79. The van der Waals surface area contributed by atoms with Crippen LogP contribution in [0, 0.1) is 0 Å². The Labute approximate surface area is 218 Å². The first-order valence-corrected chi connectivity index (χ1v) is 13.3. The van der Waals surface area contributed by atoms with Gasteiger partial charge in [0.05, 0.1) is 25.8 Å². The molecule has 6 rings (SSSR count). The van der Waals surface area contributed by atoms with Crippen LogP contribution in [-0.4, -0.2) is 24.9 Å². The highest BCUT2D eigenvalue weighted by molar-refractivity contribution is 5.97. The van der Waals surface area contributed by atoms with Gasteiger partial charge in [-0.3, -0.25) is 0 Å². The van der Waals surface area contributed by atoms with Crippen LogP contribution in [0.4, 0.5) is 0 Å². The average molecular weight is 492 g/mol. The highest BCUT2D eigenvalue weighted by Gasteiger charge is 2.16. The van der Waals surface area contributed by atoms with E-state index in [0.29, 0.717) is 6.61 Å². The Hall–Kier alpha value is -3.92. The molecule has 0 atom stereocenters. The maximum Gasteiger partial charge on any atom is 0.127 e. The van der Waals surface area contributed by atoms with Crippen LogP contribution >= 0.6 is 0 Å². The van der Waals surface area contributed by atoms with E-state index in [1.54, 1.807) is 7.11 Å². The molecule has 2 bridgehead atoms. The minimum Gasteiger partial charge on any atom is -0.497 e. The Bertz CT molecular complexity index is 1530. The van der Waals surface area contributed by atoms with E-state index in [1.165, 1.54) is 32.8 Å². The molecule has 37 heavy (non-hydrogen) atoms. The zero-order valence-corrected chi connectivity index (χ0v) is 21.4. The quantitative estimate of drug-likeness (QED) is 0.225. The van der Waals surface area contributed by atoms with Gasteiger partial charge in [0.2, 0.25) is 0 Å². The molecule has 0 unspecified atom stereocenters. The molecule has 1 aromatic heterocycles. The maximum absolute atomic E-state index is 6.24. The molecule has 0 fully saturated rings. The van der Waals surface area contributed by atoms with E-state index in [1.807, 2.05) is 6.07 Å². The molecule has 0 saturated carbocycles. The lowest BCUT2D eigenvalue weighted by atomic mass is 10.00. The normalized spacial score (nSPS) is 13.5. The van der Waals surface area contributed by atoms with Crippen molar-refractivity contribution in [1.29, 1.82) is 0 Å². The molecule has 188 valence electrons. The maximum atomic E-state index is 6.24. The van der Waals surface area contributed by atoms with E-state index in [0.717, 1.165) is 68.1 Å². The van der Waals surface area contributed by atoms with E-state index in [4.69, 9.17) is 14.2 Å². The van der Waals surface area contributed by atoms with Gasteiger partial charge >= 0.3 is 0 Å². The number of methoxy groups -OCH3 is 1. The van der Waals surface area contributed by atoms with Gasteiger partial charge in [0, 0.05) is 35.1 Å². The van der Waals surface area contributed by atoms with Gasteiger partial charge in [-0.25, -0.2) is 0 Å². The summed E-state index contributed by atoms with van der Waals surface area (Å²) < 4.78 is 20.4. The molecule has 0 amide bonds. The Morgan fingerprint density at radius 1 is 0.865 bits per heavy atom. The molecule has 0 N–H and O–H groups in total. The number of fused-ring (bicyclic) bond motifs is 4. The summed E-state index contributed by atoms with van der Waals surface area (Å²) in [6, 6.07) is 27.6. The lowest BCUT2D eigenvalue weighted by Crippen LogP contribution is -2.03. The first-order valence-electron chi connectivity index (χ1n) is 13.3. The zero-order chi connectivity index (χ0) is 25.0. The van der Waals surface area contributed by atoms with Gasteiger partial charge in [-0.1, -0.05) is 54.6 Å². The SMILES string of the molecule is COc1cc2cc(c1)-c1cccc3c(CCCOc4cccc5ccccc45)cn(c13)CCCCCO2. The molecule has 0 radical (unpaired) electrons. The van der Waals surface area contributed by atoms with Crippen LogP contribution in [0.1, 0.15) is 31.2 Å². The summed E-state index contributed by atoms with van der Waals surface area (Å²) in [7, 11) is 1.72. The Kier molecular flexibility index (Phi) is 6.72. The minimum absolute atomic E-state index is 0.691. The minimum atomic E-state index is 0.691. The fourth-order valence-corrected chi connectivity index (χ4v) is 5.49. The summed E-state index contributed by atoms with van der Waals surface area (Å²) in [6.45, 7) is 2.44. The van der Waals surface area contributed by atoms with Gasteiger partial charge in [-0.15, -0.1) is 0 Å². The largest absolute Gasteiger partial charge is 0.497 e. The first kappa shape index (κ1) is 23.5. The standard InChI is InChI=1S/C33H33NO3/c1-35-27-20-26-21-28(22-27)36-18-6-2-5-17-34-23-25(30-14-8-15-31(26)33(30)34)12-9-19-37-32-16-7-11-24-10-3-4-13-29(24)32/h3-4,7-8,10-11,13-16,20-23H,2,5-6,9,12,17-19H2,1H3. The van der Waals surface area contributed by atoms with Crippen LogP contribution in [0.2, 0.25) is 0 Å². The third kappa shape index (κ3) is 4.89. The van der Waals surface area contributed by atoms with Crippen LogP contribution in [0.5, 0.6) is 17.2 Å². The smallest absolute Gasteiger partial charge is 0.127 e. The molecule has 0 saturated heterocycles. The van der Waals surface area contributed by atoms with E-state index < -0.39 is 0 Å². The van der Waals surface area contributed by atoms with Crippen molar-refractivity contribution in [2.45, 2.75) is 38.6 Å². The number of hydrogen-bond acceptors (Lipinski definition) is 3. The fourth-order valence-electron chi connectivity index (χ4n) is 5.49. The lowest BCUT2D eigenvalue weighted by molar-refractivity contribution is 0.302. The molecule has 0 spiro atoms.